The lowest BCUT2D eigenvalue weighted by Crippen LogP contribution is -2.54. The number of oxime groups is 1. The molecule has 21 heavy (non-hydrogen) atoms. The maximum Gasteiger partial charge on any atom is 0.156 e. The number of hydrogen-bond donors (Lipinski definition) is 2. The minimum atomic E-state index is 0.0891. The minimum Gasteiger partial charge on any atom is -0.409 e. The number of piperazine rings is 1. The third-order valence-electron chi connectivity index (χ3n) is 4.52. The van der Waals surface area contributed by atoms with Crippen LogP contribution in [0.15, 0.2) is 5.16 Å². The van der Waals surface area contributed by atoms with Gasteiger partial charge in [0.2, 0.25) is 0 Å². The number of nitrogens with zero attached hydrogens (tertiary/aromatic N) is 3. The third-order valence-corrected chi connectivity index (χ3v) is 4.52. The summed E-state index contributed by atoms with van der Waals surface area (Å²) < 4.78 is 0. The Hall–Kier alpha value is -0.810. The summed E-state index contributed by atoms with van der Waals surface area (Å²) in [6.07, 6.45) is 9.06. The molecular weight excluding hydrogens is 264 g/mol. The van der Waals surface area contributed by atoms with E-state index in [9.17, 15) is 0 Å². The largest absolute Gasteiger partial charge is 0.409 e. The van der Waals surface area contributed by atoms with Crippen molar-refractivity contribution in [3.05, 3.63) is 0 Å². The fourth-order valence-electron chi connectivity index (χ4n) is 3.14. The summed E-state index contributed by atoms with van der Waals surface area (Å²) in [5, 5.41) is 12.0. The molecular formula is C16H34N4O. The monoisotopic (exact) mass is 298 g/mol. The van der Waals surface area contributed by atoms with E-state index >= 15 is 0 Å². The van der Waals surface area contributed by atoms with Crippen LogP contribution in [-0.2, 0) is 0 Å². The lowest BCUT2D eigenvalue weighted by Gasteiger charge is -2.38. The van der Waals surface area contributed by atoms with E-state index in [1.165, 1.54) is 45.1 Å². The maximum absolute atomic E-state index is 8.85. The molecule has 1 rings (SSSR count). The molecule has 1 atom stereocenters. The topological polar surface area (TPSA) is 65.1 Å². The van der Waals surface area contributed by atoms with Crippen LogP contribution in [0.25, 0.3) is 0 Å². The van der Waals surface area contributed by atoms with Crippen molar-refractivity contribution in [1.82, 2.24) is 9.80 Å². The van der Waals surface area contributed by atoms with Crippen LogP contribution in [0.4, 0.5) is 0 Å². The van der Waals surface area contributed by atoms with Crippen molar-refractivity contribution in [1.29, 1.82) is 0 Å². The van der Waals surface area contributed by atoms with Gasteiger partial charge in [0.15, 0.2) is 5.84 Å². The number of hydrogen-bond acceptors (Lipinski definition) is 4. The molecule has 1 fully saturated rings. The highest BCUT2D eigenvalue weighted by atomic mass is 16.4. The summed E-state index contributed by atoms with van der Waals surface area (Å²) in [4.78, 5) is 4.89. The van der Waals surface area contributed by atoms with Crippen molar-refractivity contribution in [2.24, 2.45) is 10.9 Å². The smallest absolute Gasteiger partial charge is 0.156 e. The van der Waals surface area contributed by atoms with Crippen LogP contribution in [0.2, 0.25) is 0 Å². The summed E-state index contributed by atoms with van der Waals surface area (Å²) in [7, 11) is 0. The molecule has 0 spiro atoms. The van der Waals surface area contributed by atoms with Crippen molar-refractivity contribution in [2.75, 3.05) is 32.7 Å². The Labute approximate surface area is 130 Å². The molecule has 5 nitrogen and oxygen atoms in total. The molecule has 1 unspecified atom stereocenters. The Bertz CT molecular complexity index is 288. The molecule has 124 valence electrons. The molecule has 1 heterocycles. The molecule has 0 saturated carbocycles. The fourth-order valence-corrected chi connectivity index (χ4v) is 3.14. The highest BCUT2D eigenvalue weighted by molar-refractivity contribution is 5.85. The maximum atomic E-state index is 8.85. The predicted molar refractivity (Wildman–Crippen MR) is 88.9 cm³/mol. The van der Waals surface area contributed by atoms with Gasteiger partial charge in [0, 0.05) is 26.2 Å². The van der Waals surface area contributed by atoms with E-state index in [0.717, 1.165) is 32.6 Å². The first-order chi connectivity index (χ1) is 10.2. The summed E-state index contributed by atoms with van der Waals surface area (Å²) in [5.74, 6) is 0.349. The highest BCUT2D eigenvalue weighted by Crippen LogP contribution is 2.11. The first-order valence-corrected chi connectivity index (χ1v) is 8.66. The SMILES string of the molecule is CCCCCCCCN1CCN(C(CC)C(N)=NO)CC1. The van der Waals surface area contributed by atoms with E-state index in [1.807, 2.05) is 0 Å². The third kappa shape index (κ3) is 6.66. The van der Waals surface area contributed by atoms with Gasteiger partial charge >= 0.3 is 0 Å². The van der Waals surface area contributed by atoms with E-state index in [-0.39, 0.29) is 6.04 Å². The summed E-state index contributed by atoms with van der Waals surface area (Å²) in [5.41, 5.74) is 5.78. The van der Waals surface area contributed by atoms with Crippen LogP contribution in [-0.4, -0.2) is 59.6 Å². The van der Waals surface area contributed by atoms with Gasteiger partial charge in [-0.05, 0) is 19.4 Å². The van der Waals surface area contributed by atoms with Gasteiger partial charge in [-0.3, -0.25) is 4.90 Å². The van der Waals surface area contributed by atoms with Gasteiger partial charge in [-0.15, -0.1) is 0 Å². The molecule has 0 aromatic carbocycles. The van der Waals surface area contributed by atoms with E-state index in [2.05, 4.69) is 28.8 Å². The predicted octanol–water partition coefficient (Wildman–Crippen LogP) is 2.49. The molecule has 5 heteroatoms. The molecule has 0 aromatic rings. The average molecular weight is 298 g/mol. The molecule has 1 aliphatic rings. The van der Waals surface area contributed by atoms with Crippen LogP contribution in [0, 0.1) is 0 Å². The molecule has 0 aromatic heterocycles. The van der Waals surface area contributed by atoms with Gasteiger partial charge in [0.25, 0.3) is 0 Å². The first-order valence-electron chi connectivity index (χ1n) is 8.66. The second-order valence-electron chi connectivity index (χ2n) is 6.09. The molecule has 0 radical (unpaired) electrons. The van der Waals surface area contributed by atoms with E-state index in [0.29, 0.717) is 5.84 Å². The molecule has 3 N–H and O–H groups in total. The molecule has 0 bridgehead atoms. The Morgan fingerprint density at radius 3 is 2.24 bits per heavy atom. The number of amidine groups is 1. The van der Waals surface area contributed by atoms with Crippen molar-refractivity contribution < 1.29 is 5.21 Å². The Kier molecular flexibility index (Phi) is 9.42. The fraction of sp³-hybridized carbons (Fsp3) is 0.938. The van der Waals surface area contributed by atoms with Crippen LogP contribution in [0.3, 0.4) is 0 Å². The van der Waals surface area contributed by atoms with Crippen LogP contribution < -0.4 is 5.73 Å². The first kappa shape index (κ1) is 18.2. The van der Waals surface area contributed by atoms with Crippen LogP contribution in [0.5, 0.6) is 0 Å². The lowest BCUT2D eigenvalue weighted by molar-refractivity contribution is 0.113. The van der Waals surface area contributed by atoms with Crippen LogP contribution in [0.1, 0.15) is 58.8 Å². The van der Waals surface area contributed by atoms with Crippen molar-refractivity contribution in [3.8, 4) is 0 Å². The van der Waals surface area contributed by atoms with Gasteiger partial charge in [-0.1, -0.05) is 51.1 Å². The number of rotatable bonds is 10. The lowest BCUT2D eigenvalue weighted by atomic mass is 10.1. The van der Waals surface area contributed by atoms with Crippen molar-refractivity contribution in [2.45, 2.75) is 64.8 Å². The summed E-state index contributed by atoms with van der Waals surface area (Å²) >= 11 is 0. The van der Waals surface area contributed by atoms with Gasteiger partial charge < -0.3 is 15.8 Å². The average Bonchev–Trinajstić information content (AvgIpc) is 2.52. The van der Waals surface area contributed by atoms with Gasteiger partial charge in [0.05, 0.1) is 6.04 Å². The molecule has 1 aliphatic heterocycles. The molecule has 0 amide bonds. The van der Waals surface area contributed by atoms with E-state index < -0.39 is 0 Å². The van der Waals surface area contributed by atoms with Crippen LogP contribution >= 0.6 is 0 Å². The van der Waals surface area contributed by atoms with E-state index in [4.69, 9.17) is 10.9 Å². The zero-order valence-corrected chi connectivity index (χ0v) is 13.9. The minimum absolute atomic E-state index is 0.0891. The summed E-state index contributed by atoms with van der Waals surface area (Å²) in [6.45, 7) is 9.81. The normalized spacial score (nSPS) is 19.8. The Balaban J connectivity index is 2.17. The highest BCUT2D eigenvalue weighted by Gasteiger charge is 2.25. The second kappa shape index (κ2) is 10.9. The standard InChI is InChI=1S/C16H34N4O/c1-3-5-6-7-8-9-10-19-11-13-20(14-12-19)15(4-2)16(17)18-21/h15,21H,3-14H2,1-2H3,(H2,17,18). The summed E-state index contributed by atoms with van der Waals surface area (Å²) in [6, 6.07) is 0.0891. The van der Waals surface area contributed by atoms with E-state index in [1.54, 1.807) is 0 Å². The number of unbranched alkanes of at least 4 members (excludes halogenated alkanes) is 5. The van der Waals surface area contributed by atoms with Crippen molar-refractivity contribution >= 4 is 5.84 Å². The quantitative estimate of drug-likeness (QED) is 0.214. The van der Waals surface area contributed by atoms with Gasteiger partial charge in [-0.25, -0.2) is 0 Å². The van der Waals surface area contributed by atoms with Gasteiger partial charge in [0.1, 0.15) is 0 Å². The zero-order chi connectivity index (χ0) is 15.5. The Morgan fingerprint density at radius 2 is 1.67 bits per heavy atom. The number of nitrogens with two attached hydrogens (primary N) is 1. The molecule has 0 aliphatic carbocycles. The van der Waals surface area contributed by atoms with Gasteiger partial charge in [-0.2, -0.15) is 0 Å². The van der Waals surface area contributed by atoms with Crippen molar-refractivity contribution in [3.63, 3.8) is 0 Å². The zero-order valence-electron chi connectivity index (χ0n) is 13.9. The Morgan fingerprint density at radius 1 is 1.05 bits per heavy atom. The second-order valence-corrected chi connectivity index (χ2v) is 6.09. The molecule has 1 saturated heterocycles.